The van der Waals surface area contributed by atoms with Crippen LogP contribution in [0.15, 0.2) is 34.5 Å². The zero-order valence-corrected chi connectivity index (χ0v) is 17.3. The van der Waals surface area contributed by atoms with Crippen LogP contribution in [0.3, 0.4) is 0 Å². The van der Waals surface area contributed by atoms with Crippen LogP contribution in [0.4, 0.5) is 16.2 Å². The van der Waals surface area contributed by atoms with Gasteiger partial charge in [0.05, 0.1) is 5.69 Å². The number of carbonyl (C=O) groups is 4. The molecular weight excluding hydrogens is 376 g/mol. The first-order valence-electron chi connectivity index (χ1n) is 9.28. The highest BCUT2D eigenvalue weighted by molar-refractivity contribution is 6.04. The molecule has 2 amide bonds. The lowest BCUT2D eigenvalue weighted by molar-refractivity contribution is -0.126. The Labute approximate surface area is 169 Å². The summed E-state index contributed by atoms with van der Waals surface area (Å²) in [4.78, 5) is 50.4. The van der Waals surface area contributed by atoms with Crippen LogP contribution >= 0.6 is 0 Å². The van der Waals surface area contributed by atoms with Crippen LogP contribution in [0.1, 0.15) is 34.6 Å². The van der Waals surface area contributed by atoms with E-state index in [2.05, 4.69) is 10.2 Å². The molecule has 2 rings (SSSR count). The van der Waals surface area contributed by atoms with Crippen LogP contribution in [0.5, 0.6) is 0 Å². The molecule has 156 valence electrons. The van der Waals surface area contributed by atoms with Crippen molar-refractivity contribution in [1.82, 2.24) is 4.90 Å². The Balaban J connectivity index is 2.02. The van der Waals surface area contributed by atoms with Crippen molar-refractivity contribution in [3.8, 4) is 0 Å². The standard InChI is InChI=1S/C20H26N4O5/c1-13(25)18(14(2)26)22-21-15-6-8-16(9-7-15)24-11-10-23(12-17(24)27)19(28)29-20(3,4)5/h6-9,18H,10-12H2,1-5H3. The quantitative estimate of drug-likeness (QED) is 0.556. The monoisotopic (exact) mass is 402 g/mol. The molecule has 0 atom stereocenters. The van der Waals surface area contributed by atoms with Gasteiger partial charge in [0.15, 0.2) is 17.6 Å². The number of hydrogen-bond donors (Lipinski definition) is 0. The molecule has 29 heavy (non-hydrogen) atoms. The van der Waals surface area contributed by atoms with Gasteiger partial charge in [0.1, 0.15) is 12.1 Å². The van der Waals surface area contributed by atoms with Crippen molar-refractivity contribution in [2.45, 2.75) is 46.3 Å². The van der Waals surface area contributed by atoms with E-state index in [1.807, 2.05) is 0 Å². The van der Waals surface area contributed by atoms with Crippen molar-refractivity contribution in [3.05, 3.63) is 24.3 Å². The average Bonchev–Trinajstić information content (AvgIpc) is 2.60. The molecule has 1 aliphatic rings. The van der Waals surface area contributed by atoms with Gasteiger partial charge >= 0.3 is 6.09 Å². The number of ether oxygens (including phenoxy) is 1. The van der Waals surface area contributed by atoms with E-state index in [0.717, 1.165) is 0 Å². The Kier molecular flexibility index (Phi) is 6.84. The van der Waals surface area contributed by atoms with Gasteiger partial charge < -0.3 is 9.64 Å². The third-order valence-corrected chi connectivity index (χ3v) is 4.09. The van der Waals surface area contributed by atoms with E-state index in [1.54, 1.807) is 49.9 Å². The number of azo groups is 1. The highest BCUT2D eigenvalue weighted by Gasteiger charge is 2.30. The molecule has 1 fully saturated rings. The number of amides is 2. The van der Waals surface area contributed by atoms with Gasteiger partial charge in [-0.1, -0.05) is 0 Å². The second-order valence-electron chi connectivity index (χ2n) is 7.80. The number of nitrogens with zero attached hydrogens (tertiary/aromatic N) is 4. The van der Waals surface area contributed by atoms with Crippen LogP contribution in [0, 0.1) is 0 Å². The highest BCUT2D eigenvalue weighted by Crippen LogP contribution is 2.23. The lowest BCUT2D eigenvalue weighted by Crippen LogP contribution is -2.53. The molecule has 1 aromatic rings. The maximum atomic E-state index is 12.5. The Morgan fingerprint density at radius 2 is 1.62 bits per heavy atom. The largest absolute Gasteiger partial charge is 0.444 e. The number of carbonyl (C=O) groups excluding carboxylic acids is 4. The summed E-state index contributed by atoms with van der Waals surface area (Å²) in [5.41, 5.74) is 0.499. The molecule has 0 radical (unpaired) electrons. The predicted molar refractivity (Wildman–Crippen MR) is 106 cm³/mol. The molecule has 1 heterocycles. The summed E-state index contributed by atoms with van der Waals surface area (Å²) >= 11 is 0. The fraction of sp³-hybridized carbons (Fsp3) is 0.500. The van der Waals surface area contributed by atoms with Crippen molar-refractivity contribution in [1.29, 1.82) is 0 Å². The first-order chi connectivity index (χ1) is 13.5. The molecule has 0 saturated carbocycles. The van der Waals surface area contributed by atoms with Gasteiger partial charge in [-0.2, -0.15) is 10.2 Å². The highest BCUT2D eigenvalue weighted by atomic mass is 16.6. The molecule has 0 bridgehead atoms. The smallest absolute Gasteiger partial charge is 0.410 e. The minimum atomic E-state index is -1.10. The van der Waals surface area contributed by atoms with E-state index in [9.17, 15) is 19.2 Å². The van der Waals surface area contributed by atoms with Crippen molar-refractivity contribution in [2.75, 3.05) is 24.5 Å². The van der Waals surface area contributed by atoms with Crippen molar-refractivity contribution in [3.63, 3.8) is 0 Å². The third kappa shape index (κ3) is 6.20. The van der Waals surface area contributed by atoms with Gasteiger partial charge in [0, 0.05) is 18.8 Å². The Bertz CT molecular complexity index is 812. The number of rotatable bonds is 5. The first-order valence-corrected chi connectivity index (χ1v) is 9.28. The van der Waals surface area contributed by atoms with Gasteiger partial charge in [-0.3, -0.25) is 19.3 Å². The molecule has 0 spiro atoms. The average molecular weight is 402 g/mol. The molecule has 9 heteroatoms. The molecule has 1 saturated heterocycles. The minimum absolute atomic E-state index is 0.0602. The summed E-state index contributed by atoms with van der Waals surface area (Å²) in [6, 6.07) is 5.59. The lowest BCUT2D eigenvalue weighted by atomic mass is 10.1. The summed E-state index contributed by atoms with van der Waals surface area (Å²) in [6.45, 7) is 8.55. The third-order valence-electron chi connectivity index (χ3n) is 4.09. The first kappa shape index (κ1) is 22.2. The van der Waals surface area contributed by atoms with Crippen molar-refractivity contribution < 1.29 is 23.9 Å². The van der Waals surface area contributed by atoms with Gasteiger partial charge in [0.25, 0.3) is 0 Å². The van der Waals surface area contributed by atoms with E-state index in [1.165, 1.54) is 18.7 Å². The molecule has 1 aromatic carbocycles. The molecular formula is C20H26N4O5. The summed E-state index contributed by atoms with van der Waals surface area (Å²) < 4.78 is 5.31. The minimum Gasteiger partial charge on any atom is -0.444 e. The van der Waals surface area contributed by atoms with Crippen LogP contribution < -0.4 is 4.90 Å². The number of ketones is 2. The predicted octanol–water partition coefficient (Wildman–Crippen LogP) is 2.90. The number of hydrogen-bond acceptors (Lipinski definition) is 7. The number of piperazine rings is 1. The lowest BCUT2D eigenvalue weighted by Gasteiger charge is -2.35. The second kappa shape index (κ2) is 8.93. The number of Topliss-reactive ketones (excluding diaryl/α,β-unsaturated/α-hetero) is 2. The van der Waals surface area contributed by atoms with Gasteiger partial charge in [-0.15, -0.1) is 0 Å². The Morgan fingerprint density at radius 3 is 2.10 bits per heavy atom. The molecule has 0 aromatic heterocycles. The molecule has 9 nitrogen and oxygen atoms in total. The van der Waals surface area contributed by atoms with Crippen molar-refractivity contribution in [2.24, 2.45) is 10.2 Å². The van der Waals surface area contributed by atoms with E-state index in [0.29, 0.717) is 24.5 Å². The molecule has 0 aliphatic carbocycles. The van der Waals surface area contributed by atoms with Crippen LogP contribution in [0.25, 0.3) is 0 Å². The Morgan fingerprint density at radius 1 is 1.03 bits per heavy atom. The van der Waals surface area contributed by atoms with Gasteiger partial charge in [-0.05, 0) is 58.9 Å². The zero-order chi connectivity index (χ0) is 21.8. The van der Waals surface area contributed by atoms with E-state index >= 15 is 0 Å². The zero-order valence-electron chi connectivity index (χ0n) is 17.3. The summed E-state index contributed by atoms with van der Waals surface area (Å²) in [7, 11) is 0. The molecule has 1 aliphatic heterocycles. The second-order valence-corrected chi connectivity index (χ2v) is 7.80. The summed E-state index contributed by atoms with van der Waals surface area (Å²) in [5, 5.41) is 7.73. The number of anilines is 1. The summed E-state index contributed by atoms with van der Waals surface area (Å²) in [6.07, 6.45) is -0.508. The van der Waals surface area contributed by atoms with E-state index in [-0.39, 0.29) is 24.0 Å². The fourth-order valence-electron chi connectivity index (χ4n) is 2.70. The summed E-state index contributed by atoms with van der Waals surface area (Å²) in [5.74, 6) is -0.956. The maximum absolute atomic E-state index is 12.5. The van der Waals surface area contributed by atoms with Crippen molar-refractivity contribution >= 4 is 34.9 Å². The van der Waals surface area contributed by atoms with E-state index < -0.39 is 17.7 Å². The number of benzene rings is 1. The fourth-order valence-corrected chi connectivity index (χ4v) is 2.70. The normalized spacial score (nSPS) is 15.2. The van der Waals surface area contributed by atoms with E-state index in [4.69, 9.17) is 4.74 Å². The van der Waals surface area contributed by atoms with Gasteiger partial charge in [0.2, 0.25) is 5.91 Å². The van der Waals surface area contributed by atoms with Crippen LogP contribution in [-0.2, 0) is 19.1 Å². The maximum Gasteiger partial charge on any atom is 0.410 e. The molecule has 0 N–H and O–H groups in total. The SMILES string of the molecule is CC(=O)C(N=Nc1ccc(N2CCN(C(=O)OC(C)(C)C)CC2=O)cc1)C(C)=O. The molecule has 0 unspecified atom stereocenters. The van der Waals surface area contributed by atoms with Gasteiger partial charge in [-0.25, -0.2) is 4.79 Å². The Hall–Kier alpha value is -3.10. The topological polar surface area (TPSA) is 109 Å². The van der Waals surface area contributed by atoms with Crippen LogP contribution in [0.2, 0.25) is 0 Å². The van der Waals surface area contributed by atoms with Crippen LogP contribution in [-0.4, -0.2) is 59.7 Å².